The molecule has 1 heterocycles. The Balaban J connectivity index is 0.00000264. The van der Waals surface area contributed by atoms with E-state index < -0.39 is 0 Å². The number of ether oxygens (including phenoxy) is 1. The van der Waals surface area contributed by atoms with Crippen molar-refractivity contribution in [2.75, 3.05) is 20.2 Å². The van der Waals surface area contributed by atoms with Crippen LogP contribution in [-0.2, 0) is 6.54 Å². The highest BCUT2D eigenvalue weighted by molar-refractivity contribution is 14.0. The second kappa shape index (κ2) is 10.4. The van der Waals surface area contributed by atoms with Crippen molar-refractivity contribution in [2.24, 2.45) is 4.99 Å². The summed E-state index contributed by atoms with van der Waals surface area (Å²) in [5.41, 5.74) is 1.20. The standard InChI is InChI=1S/C16H22N4OS.HI/c1-12-5-4-6-14(9-12)21-8-7-18-16(17-3)20-11-15-19-10-13(2)22-15;/h4-6,9-10H,7-8,11H2,1-3H3,(H2,17,18,20);1H. The number of hydrogen-bond donors (Lipinski definition) is 2. The highest BCUT2D eigenvalue weighted by Crippen LogP contribution is 2.12. The minimum absolute atomic E-state index is 0. The van der Waals surface area contributed by atoms with Crippen LogP contribution < -0.4 is 15.4 Å². The summed E-state index contributed by atoms with van der Waals surface area (Å²) in [6.07, 6.45) is 1.88. The maximum Gasteiger partial charge on any atom is 0.191 e. The molecule has 23 heavy (non-hydrogen) atoms. The fraction of sp³-hybridized carbons (Fsp3) is 0.375. The van der Waals surface area contributed by atoms with Gasteiger partial charge in [-0.05, 0) is 31.5 Å². The van der Waals surface area contributed by atoms with Crippen LogP contribution in [-0.4, -0.2) is 31.1 Å². The van der Waals surface area contributed by atoms with Crippen molar-refractivity contribution >= 4 is 41.3 Å². The largest absolute Gasteiger partial charge is 0.492 e. The molecule has 1 aromatic carbocycles. The van der Waals surface area contributed by atoms with Crippen molar-refractivity contribution in [1.82, 2.24) is 15.6 Å². The second-order valence-electron chi connectivity index (χ2n) is 4.88. The van der Waals surface area contributed by atoms with E-state index in [0.29, 0.717) is 19.7 Å². The van der Waals surface area contributed by atoms with E-state index in [9.17, 15) is 0 Å². The molecule has 0 unspecified atom stereocenters. The predicted molar refractivity (Wildman–Crippen MR) is 107 cm³/mol. The molecule has 0 saturated carbocycles. The molecule has 2 aromatic rings. The van der Waals surface area contributed by atoms with Gasteiger partial charge in [-0.25, -0.2) is 4.98 Å². The third kappa shape index (κ3) is 7.17. The molecule has 0 fully saturated rings. The van der Waals surface area contributed by atoms with Gasteiger partial charge in [0, 0.05) is 18.1 Å². The van der Waals surface area contributed by atoms with Gasteiger partial charge in [-0.3, -0.25) is 4.99 Å². The van der Waals surface area contributed by atoms with E-state index in [4.69, 9.17) is 4.74 Å². The number of nitrogens with zero attached hydrogens (tertiary/aromatic N) is 2. The molecule has 2 rings (SSSR count). The van der Waals surface area contributed by atoms with Crippen LogP contribution in [0.25, 0.3) is 0 Å². The van der Waals surface area contributed by atoms with Crippen LogP contribution in [0.15, 0.2) is 35.5 Å². The van der Waals surface area contributed by atoms with Crippen LogP contribution in [0, 0.1) is 13.8 Å². The van der Waals surface area contributed by atoms with Crippen LogP contribution in [0.5, 0.6) is 5.75 Å². The summed E-state index contributed by atoms with van der Waals surface area (Å²) in [7, 11) is 1.75. The Morgan fingerprint density at radius 1 is 1.30 bits per heavy atom. The first-order valence-corrected chi connectivity index (χ1v) is 8.04. The zero-order valence-corrected chi connectivity index (χ0v) is 16.8. The van der Waals surface area contributed by atoms with E-state index in [0.717, 1.165) is 16.7 Å². The van der Waals surface area contributed by atoms with E-state index in [1.807, 2.05) is 24.4 Å². The molecule has 0 saturated heterocycles. The third-order valence-electron chi connectivity index (χ3n) is 2.95. The molecule has 0 spiro atoms. The Hall–Kier alpha value is -1.35. The van der Waals surface area contributed by atoms with Gasteiger partial charge in [0.2, 0.25) is 0 Å². The molecule has 126 valence electrons. The van der Waals surface area contributed by atoms with Gasteiger partial charge >= 0.3 is 0 Å². The first-order chi connectivity index (χ1) is 10.7. The number of aromatic nitrogens is 1. The molecule has 0 radical (unpaired) electrons. The molecule has 0 amide bonds. The van der Waals surface area contributed by atoms with Crippen LogP contribution >= 0.6 is 35.3 Å². The Bertz CT molecular complexity index is 630. The summed E-state index contributed by atoms with van der Waals surface area (Å²) in [6, 6.07) is 8.04. The molecular formula is C16H23IN4OS. The van der Waals surface area contributed by atoms with Gasteiger partial charge in [-0.15, -0.1) is 35.3 Å². The Kier molecular flexibility index (Phi) is 8.93. The van der Waals surface area contributed by atoms with Crippen LogP contribution in [0.1, 0.15) is 15.4 Å². The number of benzene rings is 1. The number of nitrogens with one attached hydrogen (secondary N) is 2. The lowest BCUT2D eigenvalue weighted by molar-refractivity contribution is 0.321. The number of thiazole rings is 1. The molecule has 7 heteroatoms. The van der Waals surface area contributed by atoms with E-state index in [1.165, 1.54) is 10.4 Å². The number of aryl methyl sites for hydroxylation is 2. The first kappa shape index (κ1) is 19.7. The summed E-state index contributed by atoms with van der Waals surface area (Å²) >= 11 is 1.69. The summed E-state index contributed by atoms with van der Waals surface area (Å²) in [4.78, 5) is 9.71. The first-order valence-electron chi connectivity index (χ1n) is 7.22. The van der Waals surface area contributed by atoms with Gasteiger partial charge in [0.05, 0.1) is 13.1 Å². The van der Waals surface area contributed by atoms with E-state index in [-0.39, 0.29) is 24.0 Å². The van der Waals surface area contributed by atoms with Crippen molar-refractivity contribution in [3.05, 3.63) is 45.9 Å². The molecule has 5 nitrogen and oxygen atoms in total. The van der Waals surface area contributed by atoms with Crippen molar-refractivity contribution in [3.63, 3.8) is 0 Å². The minimum atomic E-state index is 0. The molecule has 1 aromatic heterocycles. The fourth-order valence-corrected chi connectivity index (χ4v) is 2.63. The van der Waals surface area contributed by atoms with Crippen LogP contribution in [0.4, 0.5) is 0 Å². The zero-order chi connectivity index (χ0) is 15.8. The Morgan fingerprint density at radius 2 is 2.13 bits per heavy atom. The van der Waals surface area contributed by atoms with Crippen molar-refractivity contribution < 1.29 is 4.74 Å². The topological polar surface area (TPSA) is 58.5 Å². The fourth-order valence-electron chi connectivity index (χ4n) is 1.91. The van der Waals surface area contributed by atoms with Crippen molar-refractivity contribution in [2.45, 2.75) is 20.4 Å². The third-order valence-corrected chi connectivity index (χ3v) is 3.87. The Labute approximate surface area is 158 Å². The summed E-state index contributed by atoms with van der Waals surface area (Å²) in [5, 5.41) is 7.51. The van der Waals surface area contributed by atoms with Crippen LogP contribution in [0.2, 0.25) is 0 Å². The maximum absolute atomic E-state index is 5.69. The SMILES string of the molecule is CN=C(NCCOc1cccc(C)c1)NCc1ncc(C)s1.I. The molecular weight excluding hydrogens is 423 g/mol. The number of hydrogen-bond acceptors (Lipinski definition) is 4. The summed E-state index contributed by atoms with van der Waals surface area (Å²) in [5.74, 6) is 1.64. The van der Waals surface area contributed by atoms with Crippen molar-refractivity contribution in [1.29, 1.82) is 0 Å². The van der Waals surface area contributed by atoms with Gasteiger partial charge in [-0.1, -0.05) is 12.1 Å². The van der Waals surface area contributed by atoms with Gasteiger partial charge in [0.25, 0.3) is 0 Å². The normalized spacial score (nSPS) is 10.8. The monoisotopic (exact) mass is 446 g/mol. The second-order valence-corrected chi connectivity index (χ2v) is 6.20. The minimum Gasteiger partial charge on any atom is -0.492 e. The van der Waals surface area contributed by atoms with Gasteiger partial charge in [-0.2, -0.15) is 0 Å². The quantitative estimate of drug-likeness (QED) is 0.310. The average Bonchev–Trinajstić information content (AvgIpc) is 2.92. The molecule has 0 aliphatic rings. The summed E-state index contributed by atoms with van der Waals surface area (Å²) < 4.78 is 5.69. The lowest BCUT2D eigenvalue weighted by Crippen LogP contribution is -2.38. The number of aliphatic imine (C=N–C) groups is 1. The lowest BCUT2D eigenvalue weighted by Gasteiger charge is -2.12. The predicted octanol–water partition coefficient (Wildman–Crippen LogP) is 3.12. The maximum atomic E-state index is 5.69. The highest BCUT2D eigenvalue weighted by Gasteiger charge is 2.01. The van der Waals surface area contributed by atoms with E-state index in [1.54, 1.807) is 18.4 Å². The van der Waals surface area contributed by atoms with Gasteiger partial charge in [0.1, 0.15) is 17.4 Å². The number of halogens is 1. The molecule has 0 aliphatic carbocycles. The van der Waals surface area contributed by atoms with Crippen LogP contribution in [0.3, 0.4) is 0 Å². The summed E-state index contributed by atoms with van der Waals surface area (Å²) in [6.45, 7) is 6.05. The van der Waals surface area contributed by atoms with Gasteiger partial charge in [0.15, 0.2) is 5.96 Å². The van der Waals surface area contributed by atoms with Crippen molar-refractivity contribution in [3.8, 4) is 5.75 Å². The lowest BCUT2D eigenvalue weighted by atomic mass is 10.2. The number of rotatable bonds is 6. The zero-order valence-electron chi connectivity index (χ0n) is 13.6. The average molecular weight is 446 g/mol. The molecule has 0 aliphatic heterocycles. The highest BCUT2D eigenvalue weighted by atomic mass is 127. The smallest absolute Gasteiger partial charge is 0.191 e. The molecule has 0 bridgehead atoms. The molecule has 0 atom stereocenters. The number of guanidine groups is 1. The van der Waals surface area contributed by atoms with Gasteiger partial charge < -0.3 is 15.4 Å². The van der Waals surface area contributed by atoms with E-state index in [2.05, 4.69) is 40.5 Å². The molecule has 2 N–H and O–H groups in total. The Morgan fingerprint density at radius 3 is 2.78 bits per heavy atom. The van der Waals surface area contributed by atoms with E-state index >= 15 is 0 Å².